The fourth-order valence-electron chi connectivity index (χ4n) is 1.29. The summed E-state index contributed by atoms with van der Waals surface area (Å²) in [6, 6.07) is 3.20. The summed E-state index contributed by atoms with van der Waals surface area (Å²) in [7, 11) is -0.709. The molecule has 8 heteroatoms. The number of nitrogens with one attached hydrogen (secondary N) is 1. The number of hydrogen-bond donors (Lipinski definition) is 1. The maximum absolute atomic E-state index is 13.8. The van der Waals surface area contributed by atoms with Crippen molar-refractivity contribution in [1.29, 1.82) is 0 Å². The summed E-state index contributed by atoms with van der Waals surface area (Å²) >= 11 is 0. The molecule has 1 aromatic rings. The highest BCUT2D eigenvalue weighted by Crippen LogP contribution is 2.21. The smallest absolute Gasteiger partial charge is 0.259 e. The second kappa shape index (κ2) is 7.19. The van der Waals surface area contributed by atoms with Crippen molar-refractivity contribution in [2.45, 2.75) is 4.90 Å². The molecule has 0 radical (unpaired) electrons. The van der Waals surface area contributed by atoms with Crippen molar-refractivity contribution in [3.63, 3.8) is 0 Å². The lowest BCUT2D eigenvalue weighted by atomic mass is 10.3. The molecule has 116 valence electrons. The minimum Gasteiger partial charge on any atom is -0.481 e. The van der Waals surface area contributed by atoms with E-state index in [9.17, 15) is 17.6 Å². The number of hydrogen-bond acceptors (Lipinski definition) is 4. The zero-order valence-corrected chi connectivity index (χ0v) is 12.6. The van der Waals surface area contributed by atoms with Gasteiger partial charge in [-0.2, -0.15) is 0 Å². The monoisotopic (exact) mass is 316 g/mol. The molecule has 0 saturated carbocycles. The molecule has 21 heavy (non-hydrogen) atoms. The molecule has 0 saturated heterocycles. The average Bonchev–Trinajstić information content (AvgIpc) is 2.43. The second-order valence-electron chi connectivity index (χ2n) is 4.31. The van der Waals surface area contributed by atoms with Gasteiger partial charge in [0, 0.05) is 20.6 Å². The third kappa shape index (κ3) is 4.83. The molecule has 0 aliphatic heterocycles. The maximum Gasteiger partial charge on any atom is 0.259 e. The molecule has 1 aromatic carbocycles. The van der Waals surface area contributed by atoms with E-state index in [0.717, 1.165) is 6.07 Å². The van der Waals surface area contributed by atoms with Gasteiger partial charge in [-0.1, -0.05) is 6.08 Å². The molecule has 0 spiro atoms. The van der Waals surface area contributed by atoms with Gasteiger partial charge in [0.05, 0.1) is 4.90 Å². The fourth-order valence-corrected chi connectivity index (χ4v) is 2.30. The van der Waals surface area contributed by atoms with E-state index in [2.05, 4.69) is 11.3 Å². The maximum atomic E-state index is 13.8. The molecule has 0 fully saturated rings. The zero-order chi connectivity index (χ0) is 16.0. The zero-order valence-electron chi connectivity index (χ0n) is 11.8. The highest BCUT2D eigenvalue weighted by atomic mass is 32.2. The van der Waals surface area contributed by atoms with Crippen LogP contribution in [-0.4, -0.2) is 46.5 Å². The van der Waals surface area contributed by atoms with Gasteiger partial charge in [-0.3, -0.25) is 4.79 Å². The molecule has 1 rings (SSSR count). The van der Waals surface area contributed by atoms with Crippen LogP contribution >= 0.6 is 0 Å². The van der Waals surface area contributed by atoms with Crippen LogP contribution in [-0.2, 0) is 14.8 Å². The van der Waals surface area contributed by atoms with Gasteiger partial charge in [-0.15, -0.1) is 6.58 Å². The van der Waals surface area contributed by atoms with Crippen LogP contribution in [0.5, 0.6) is 5.75 Å². The van der Waals surface area contributed by atoms with E-state index in [4.69, 9.17) is 4.74 Å². The van der Waals surface area contributed by atoms with Crippen molar-refractivity contribution in [2.24, 2.45) is 0 Å². The van der Waals surface area contributed by atoms with Gasteiger partial charge in [0.1, 0.15) is 0 Å². The van der Waals surface area contributed by atoms with Crippen molar-refractivity contribution in [1.82, 2.24) is 9.62 Å². The molecule has 0 aliphatic rings. The molecule has 0 aromatic heterocycles. The van der Waals surface area contributed by atoms with Gasteiger partial charge in [0.2, 0.25) is 10.0 Å². The SMILES string of the molecule is C=CCNS(=O)(=O)c1ccc(OCC(=O)N(C)C)c(F)c1. The Morgan fingerprint density at radius 3 is 2.67 bits per heavy atom. The molecular formula is C13H17FN2O4S. The van der Waals surface area contributed by atoms with E-state index >= 15 is 0 Å². The van der Waals surface area contributed by atoms with E-state index in [1.54, 1.807) is 14.1 Å². The predicted molar refractivity (Wildman–Crippen MR) is 76.0 cm³/mol. The Balaban J connectivity index is 2.86. The molecule has 0 aliphatic carbocycles. The van der Waals surface area contributed by atoms with Crippen LogP contribution in [0.15, 0.2) is 35.7 Å². The van der Waals surface area contributed by atoms with Crippen molar-refractivity contribution >= 4 is 15.9 Å². The third-order valence-electron chi connectivity index (χ3n) is 2.48. The Labute approximate surface area is 123 Å². The standard InChI is InChI=1S/C13H17FN2O4S/c1-4-7-15-21(18,19)10-5-6-12(11(14)8-10)20-9-13(17)16(2)3/h4-6,8,15H,1,7,9H2,2-3H3. The number of sulfonamides is 1. The van der Waals surface area contributed by atoms with E-state index < -0.39 is 15.8 Å². The molecule has 0 unspecified atom stereocenters. The number of nitrogens with zero attached hydrogens (tertiary/aromatic N) is 1. The number of carbonyl (C=O) groups is 1. The molecule has 0 atom stereocenters. The highest BCUT2D eigenvalue weighted by molar-refractivity contribution is 7.89. The highest BCUT2D eigenvalue weighted by Gasteiger charge is 2.16. The Hall–Kier alpha value is -1.93. The Kier molecular flexibility index (Phi) is 5.86. The van der Waals surface area contributed by atoms with Crippen molar-refractivity contribution in [3.8, 4) is 5.75 Å². The topological polar surface area (TPSA) is 75.7 Å². The summed E-state index contributed by atoms with van der Waals surface area (Å²) in [6.45, 7) is 3.10. The van der Waals surface area contributed by atoms with Gasteiger partial charge in [0.25, 0.3) is 5.91 Å². The van der Waals surface area contributed by atoms with E-state index in [1.165, 1.54) is 23.1 Å². The van der Waals surface area contributed by atoms with Gasteiger partial charge in [-0.05, 0) is 18.2 Å². The number of benzene rings is 1. The lowest BCUT2D eigenvalue weighted by Crippen LogP contribution is -2.27. The first-order chi connectivity index (χ1) is 9.77. The number of amides is 1. The number of likely N-dealkylation sites (N-methyl/N-ethyl adjacent to an activating group) is 1. The van der Waals surface area contributed by atoms with Crippen LogP contribution in [0.25, 0.3) is 0 Å². The number of ether oxygens (including phenoxy) is 1. The molecule has 1 N–H and O–H groups in total. The van der Waals surface area contributed by atoms with E-state index in [0.29, 0.717) is 0 Å². The molecule has 0 bridgehead atoms. The molecule has 6 nitrogen and oxygen atoms in total. The van der Waals surface area contributed by atoms with Crippen LogP contribution in [0, 0.1) is 5.82 Å². The summed E-state index contributed by atoms with van der Waals surface area (Å²) < 4.78 is 44.6. The summed E-state index contributed by atoms with van der Waals surface area (Å²) in [4.78, 5) is 12.4. The number of rotatable bonds is 7. The lowest BCUT2D eigenvalue weighted by molar-refractivity contribution is -0.130. The fraction of sp³-hybridized carbons (Fsp3) is 0.308. The van der Waals surface area contributed by atoms with Crippen molar-refractivity contribution in [3.05, 3.63) is 36.7 Å². The summed E-state index contributed by atoms with van der Waals surface area (Å²) in [6.07, 6.45) is 1.37. The van der Waals surface area contributed by atoms with E-state index in [1.807, 2.05) is 0 Å². The minimum atomic E-state index is -3.80. The number of halogens is 1. The summed E-state index contributed by atoms with van der Waals surface area (Å²) in [5.41, 5.74) is 0. The van der Waals surface area contributed by atoms with Crippen LogP contribution in [0.4, 0.5) is 4.39 Å². The predicted octanol–water partition coefficient (Wildman–Crippen LogP) is 0.757. The first kappa shape index (κ1) is 17.1. The Morgan fingerprint density at radius 2 is 2.14 bits per heavy atom. The molecule has 1 amide bonds. The Bertz CT molecular complexity index is 629. The van der Waals surface area contributed by atoms with Crippen LogP contribution in [0.2, 0.25) is 0 Å². The first-order valence-corrected chi connectivity index (χ1v) is 7.49. The van der Waals surface area contributed by atoms with Gasteiger partial charge in [0.15, 0.2) is 18.2 Å². The van der Waals surface area contributed by atoms with Crippen LogP contribution < -0.4 is 9.46 Å². The Morgan fingerprint density at radius 1 is 1.48 bits per heavy atom. The quantitative estimate of drug-likeness (QED) is 0.754. The molecule has 0 heterocycles. The van der Waals surface area contributed by atoms with E-state index in [-0.39, 0.29) is 29.7 Å². The largest absolute Gasteiger partial charge is 0.481 e. The lowest BCUT2D eigenvalue weighted by Gasteiger charge is -2.12. The summed E-state index contributed by atoms with van der Waals surface area (Å²) in [5, 5.41) is 0. The average molecular weight is 316 g/mol. The number of carbonyl (C=O) groups excluding carboxylic acids is 1. The second-order valence-corrected chi connectivity index (χ2v) is 6.08. The van der Waals surface area contributed by atoms with Crippen molar-refractivity contribution in [2.75, 3.05) is 27.2 Å². The normalized spacial score (nSPS) is 11.0. The molecular weight excluding hydrogens is 299 g/mol. The van der Waals surface area contributed by atoms with Gasteiger partial charge in [-0.25, -0.2) is 17.5 Å². The van der Waals surface area contributed by atoms with Crippen molar-refractivity contribution < 1.29 is 22.3 Å². The van der Waals surface area contributed by atoms with Crippen LogP contribution in [0.1, 0.15) is 0 Å². The van der Waals surface area contributed by atoms with Crippen LogP contribution in [0.3, 0.4) is 0 Å². The minimum absolute atomic E-state index is 0.0412. The van der Waals surface area contributed by atoms with Gasteiger partial charge < -0.3 is 9.64 Å². The first-order valence-electron chi connectivity index (χ1n) is 6.01. The third-order valence-corrected chi connectivity index (χ3v) is 3.90. The van der Waals surface area contributed by atoms with Gasteiger partial charge >= 0.3 is 0 Å². The summed E-state index contributed by atoms with van der Waals surface area (Å²) in [5.74, 6) is -1.38.